The van der Waals surface area contributed by atoms with Gasteiger partial charge in [0.1, 0.15) is 12.4 Å². The minimum atomic E-state index is -0.408. The van der Waals surface area contributed by atoms with Gasteiger partial charge in [-0.1, -0.05) is 34.1 Å². The van der Waals surface area contributed by atoms with Gasteiger partial charge in [-0.15, -0.1) is 0 Å². The lowest BCUT2D eigenvalue weighted by molar-refractivity contribution is -0.142. The highest BCUT2D eigenvalue weighted by atomic mass is 79.9. The maximum atomic E-state index is 13.1. The van der Waals surface area contributed by atoms with Crippen LogP contribution in [0, 0.1) is 5.82 Å². The van der Waals surface area contributed by atoms with Crippen molar-refractivity contribution >= 4 is 21.9 Å². The third-order valence-corrected chi connectivity index (χ3v) is 1.96. The number of benzene rings is 1. The summed E-state index contributed by atoms with van der Waals surface area (Å²) in [4.78, 5) is 11.1. The standard InChI is InChI=1S/C10H10BrFO2/c11-5-6-14-10(13)7-8-3-1-2-4-9(8)12/h1-4H,5-7H2. The summed E-state index contributed by atoms with van der Waals surface area (Å²) in [6, 6.07) is 6.18. The van der Waals surface area contributed by atoms with Crippen LogP contribution in [0.5, 0.6) is 0 Å². The number of esters is 1. The summed E-state index contributed by atoms with van der Waals surface area (Å²) in [5, 5.41) is 0.593. The van der Waals surface area contributed by atoms with E-state index in [0.29, 0.717) is 17.5 Å². The zero-order valence-electron chi connectivity index (χ0n) is 7.50. The van der Waals surface area contributed by atoms with Crippen LogP contribution in [0.1, 0.15) is 5.56 Å². The lowest BCUT2D eigenvalue weighted by Crippen LogP contribution is -2.10. The van der Waals surface area contributed by atoms with Gasteiger partial charge in [-0.25, -0.2) is 4.39 Å². The maximum Gasteiger partial charge on any atom is 0.310 e. The van der Waals surface area contributed by atoms with Gasteiger partial charge < -0.3 is 4.74 Å². The summed E-state index contributed by atoms with van der Waals surface area (Å²) in [6.07, 6.45) is -0.0142. The molecule has 1 aromatic carbocycles. The van der Waals surface area contributed by atoms with Crippen LogP contribution in [0.3, 0.4) is 0 Å². The van der Waals surface area contributed by atoms with Crippen LogP contribution >= 0.6 is 15.9 Å². The molecule has 0 aliphatic carbocycles. The van der Waals surface area contributed by atoms with Crippen LogP contribution in [0.15, 0.2) is 24.3 Å². The van der Waals surface area contributed by atoms with Gasteiger partial charge in [-0.2, -0.15) is 0 Å². The van der Waals surface area contributed by atoms with Crippen molar-refractivity contribution in [1.29, 1.82) is 0 Å². The monoisotopic (exact) mass is 260 g/mol. The van der Waals surface area contributed by atoms with Crippen LogP contribution in [0.25, 0.3) is 0 Å². The van der Waals surface area contributed by atoms with E-state index in [1.165, 1.54) is 6.07 Å². The van der Waals surface area contributed by atoms with Crippen molar-refractivity contribution in [2.75, 3.05) is 11.9 Å². The Hall–Kier alpha value is -0.900. The van der Waals surface area contributed by atoms with Gasteiger partial charge in [0.05, 0.1) is 6.42 Å². The van der Waals surface area contributed by atoms with E-state index in [0.717, 1.165) is 0 Å². The molecule has 0 fully saturated rings. The van der Waals surface area contributed by atoms with Crippen LogP contribution < -0.4 is 0 Å². The summed E-state index contributed by atoms with van der Waals surface area (Å²) in [5.41, 5.74) is 0.368. The largest absolute Gasteiger partial charge is 0.465 e. The molecule has 0 amide bonds. The van der Waals surface area contributed by atoms with Crippen LogP contribution in [-0.2, 0) is 16.0 Å². The minimum Gasteiger partial charge on any atom is -0.465 e. The molecule has 14 heavy (non-hydrogen) atoms. The molecular formula is C10H10BrFO2. The molecule has 0 spiro atoms. The first-order valence-electron chi connectivity index (χ1n) is 4.19. The fourth-order valence-corrected chi connectivity index (χ4v) is 1.16. The Labute approximate surface area is 90.2 Å². The third kappa shape index (κ3) is 3.46. The van der Waals surface area contributed by atoms with E-state index in [9.17, 15) is 9.18 Å². The van der Waals surface area contributed by atoms with Gasteiger partial charge in [0.2, 0.25) is 0 Å². The molecule has 0 aliphatic rings. The number of carbonyl (C=O) groups is 1. The second kappa shape index (κ2) is 5.75. The molecule has 1 rings (SSSR count). The molecule has 0 bridgehead atoms. The van der Waals surface area contributed by atoms with Crippen molar-refractivity contribution in [2.45, 2.75) is 6.42 Å². The van der Waals surface area contributed by atoms with E-state index < -0.39 is 5.97 Å². The number of hydrogen-bond acceptors (Lipinski definition) is 2. The van der Waals surface area contributed by atoms with Gasteiger partial charge in [-0.3, -0.25) is 4.79 Å². The average molecular weight is 261 g/mol. The zero-order valence-corrected chi connectivity index (χ0v) is 9.09. The number of rotatable bonds is 4. The molecule has 0 heterocycles. The van der Waals surface area contributed by atoms with Gasteiger partial charge in [0.15, 0.2) is 0 Å². The van der Waals surface area contributed by atoms with Crippen LogP contribution in [0.4, 0.5) is 4.39 Å². The number of alkyl halides is 1. The molecule has 0 saturated heterocycles. The summed E-state index contributed by atoms with van der Waals surface area (Å²) in [7, 11) is 0. The van der Waals surface area contributed by atoms with E-state index >= 15 is 0 Å². The molecular weight excluding hydrogens is 251 g/mol. The van der Waals surface area contributed by atoms with Gasteiger partial charge in [0.25, 0.3) is 0 Å². The first-order chi connectivity index (χ1) is 6.74. The molecule has 1 aromatic rings. The number of ether oxygens (including phenoxy) is 1. The highest BCUT2D eigenvalue weighted by Crippen LogP contribution is 2.07. The lowest BCUT2D eigenvalue weighted by Gasteiger charge is -2.03. The Balaban J connectivity index is 2.52. The quantitative estimate of drug-likeness (QED) is 0.614. The van der Waals surface area contributed by atoms with Crippen molar-refractivity contribution in [3.8, 4) is 0 Å². The van der Waals surface area contributed by atoms with Crippen molar-refractivity contribution in [3.05, 3.63) is 35.6 Å². The van der Waals surface area contributed by atoms with Gasteiger partial charge in [0, 0.05) is 5.33 Å². The van der Waals surface area contributed by atoms with E-state index in [2.05, 4.69) is 15.9 Å². The van der Waals surface area contributed by atoms with Crippen molar-refractivity contribution in [1.82, 2.24) is 0 Å². The second-order valence-corrected chi connectivity index (χ2v) is 3.47. The van der Waals surface area contributed by atoms with E-state index in [-0.39, 0.29) is 12.2 Å². The summed E-state index contributed by atoms with van der Waals surface area (Å²) >= 11 is 3.13. The second-order valence-electron chi connectivity index (χ2n) is 2.68. The van der Waals surface area contributed by atoms with Gasteiger partial charge in [-0.05, 0) is 11.6 Å². The number of hydrogen-bond donors (Lipinski definition) is 0. The molecule has 0 unspecified atom stereocenters. The Morgan fingerprint density at radius 2 is 2.14 bits per heavy atom. The molecule has 4 heteroatoms. The van der Waals surface area contributed by atoms with Crippen LogP contribution in [-0.4, -0.2) is 17.9 Å². The van der Waals surface area contributed by atoms with Gasteiger partial charge >= 0.3 is 5.97 Å². The van der Waals surface area contributed by atoms with Crippen molar-refractivity contribution in [3.63, 3.8) is 0 Å². The predicted molar refractivity (Wildman–Crippen MR) is 54.9 cm³/mol. The Bertz CT molecular complexity index is 315. The Morgan fingerprint density at radius 3 is 2.79 bits per heavy atom. The topological polar surface area (TPSA) is 26.3 Å². The zero-order chi connectivity index (χ0) is 10.4. The normalized spacial score (nSPS) is 9.86. The SMILES string of the molecule is O=C(Cc1ccccc1F)OCCBr. The van der Waals surface area contributed by atoms with Crippen molar-refractivity contribution in [2.24, 2.45) is 0 Å². The number of halogens is 2. The minimum absolute atomic E-state index is 0.0142. The third-order valence-electron chi connectivity index (χ3n) is 1.63. The average Bonchev–Trinajstić information content (AvgIpc) is 2.18. The van der Waals surface area contributed by atoms with Crippen LogP contribution in [0.2, 0.25) is 0 Å². The summed E-state index contributed by atoms with van der Waals surface area (Å²) < 4.78 is 17.9. The molecule has 0 aromatic heterocycles. The van der Waals surface area contributed by atoms with E-state index in [4.69, 9.17) is 4.74 Å². The Morgan fingerprint density at radius 1 is 1.43 bits per heavy atom. The molecule has 0 radical (unpaired) electrons. The molecule has 0 atom stereocenters. The Kier molecular flexibility index (Phi) is 4.59. The number of carbonyl (C=O) groups excluding carboxylic acids is 1. The fraction of sp³-hybridized carbons (Fsp3) is 0.300. The molecule has 76 valence electrons. The first kappa shape index (κ1) is 11.2. The van der Waals surface area contributed by atoms with E-state index in [1.54, 1.807) is 18.2 Å². The smallest absolute Gasteiger partial charge is 0.310 e. The molecule has 0 saturated carbocycles. The summed E-state index contributed by atoms with van der Waals surface area (Å²) in [5.74, 6) is -0.780. The highest BCUT2D eigenvalue weighted by molar-refractivity contribution is 9.09. The highest BCUT2D eigenvalue weighted by Gasteiger charge is 2.07. The maximum absolute atomic E-state index is 13.1. The van der Waals surface area contributed by atoms with E-state index in [1.807, 2.05) is 0 Å². The molecule has 2 nitrogen and oxygen atoms in total. The fourth-order valence-electron chi connectivity index (χ4n) is 1.00. The van der Waals surface area contributed by atoms with Crippen molar-refractivity contribution < 1.29 is 13.9 Å². The predicted octanol–water partition coefficient (Wildman–Crippen LogP) is 2.31. The molecule has 0 aliphatic heterocycles. The lowest BCUT2D eigenvalue weighted by atomic mass is 10.1. The summed E-state index contributed by atoms with van der Waals surface area (Å²) in [6.45, 7) is 0.313. The first-order valence-corrected chi connectivity index (χ1v) is 5.31. The molecule has 0 N–H and O–H groups in total.